The minimum atomic E-state index is -4.45. The summed E-state index contributed by atoms with van der Waals surface area (Å²) in [7, 11) is 1.60. The summed E-state index contributed by atoms with van der Waals surface area (Å²) >= 11 is 0. The fourth-order valence-electron chi connectivity index (χ4n) is 6.72. The largest absolute Gasteiger partial charge is 0.430 e. The maximum Gasteiger partial charge on any atom is 0.430 e. The highest BCUT2D eigenvalue weighted by Gasteiger charge is 2.51. The van der Waals surface area contributed by atoms with E-state index in [4.69, 9.17) is 0 Å². The summed E-state index contributed by atoms with van der Waals surface area (Å²) in [5, 5.41) is 3.10. The number of carbonyl (C=O) groups is 2. The molecule has 39 heavy (non-hydrogen) atoms. The first-order valence-electron chi connectivity index (χ1n) is 13.7. The van der Waals surface area contributed by atoms with Crippen LogP contribution < -0.4 is 5.32 Å². The minimum Gasteiger partial charge on any atom is -0.348 e. The van der Waals surface area contributed by atoms with Gasteiger partial charge in [-0.05, 0) is 55.2 Å². The molecule has 3 aliphatic rings. The Balaban J connectivity index is 1.27. The van der Waals surface area contributed by atoms with Gasteiger partial charge in [0.1, 0.15) is 5.71 Å². The van der Waals surface area contributed by atoms with E-state index in [9.17, 15) is 22.8 Å². The van der Waals surface area contributed by atoms with Gasteiger partial charge in [0, 0.05) is 38.5 Å². The zero-order chi connectivity index (χ0) is 27.7. The summed E-state index contributed by atoms with van der Waals surface area (Å²) in [5.41, 5.74) is 1.49. The second-order valence-electron chi connectivity index (χ2n) is 11.1. The molecule has 1 N–H and O–H groups in total. The Labute approximate surface area is 227 Å². The molecule has 0 radical (unpaired) electrons. The summed E-state index contributed by atoms with van der Waals surface area (Å²) in [6.45, 7) is 2.15. The fraction of sp³-hybridized carbons (Fsp3) is 0.500. The Kier molecular flexibility index (Phi) is 7.80. The van der Waals surface area contributed by atoms with Crippen molar-refractivity contribution in [2.24, 2.45) is 10.9 Å². The number of nitrogens with zero attached hydrogens (tertiary/aromatic N) is 3. The molecule has 2 fully saturated rings. The number of likely N-dealkylation sites (N-methyl/N-ethyl adjacent to an activating group) is 1. The molecule has 2 amide bonds. The number of hydrogen-bond donors (Lipinski definition) is 1. The number of nitrogens with one attached hydrogen (secondary N) is 1. The van der Waals surface area contributed by atoms with Crippen LogP contribution in [0.3, 0.4) is 0 Å². The third kappa shape index (κ3) is 5.88. The Morgan fingerprint density at radius 3 is 2.33 bits per heavy atom. The molecule has 2 saturated heterocycles. The van der Waals surface area contributed by atoms with Gasteiger partial charge in [-0.25, -0.2) is 4.99 Å². The zero-order valence-electron chi connectivity index (χ0n) is 22.3. The van der Waals surface area contributed by atoms with Crippen LogP contribution in [0.4, 0.5) is 18.9 Å². The maximum absolute atomic E-state index is 14.0. The van der Waals surface area contributed by atoms with Crippen LogP contribution >= 0.6 is 0 Å². The number of piperidine rings is 1. The Morgan fingerprint density at radius 1 is 1.05 bits per heavy atom. The minimum absolute atomic E-state index is 0.0126. The van der Waals surface area contributed by atoms with Gasteiger partial charge in [0.2, 0.25) is 11.8 Å². The SMILES string of the molecule is CC(=O)N(C)CC(=O)NC(CCN1C2CCC1CC(C1C(C(F)(F)F)=Nc3ccccc31)C2)c1ccccc1. The first-order chi connectivity index (χ1) is 18.6. The molecule has 0 aromatic heterocycles. The highest BCUT2D eigenvalue weighted by molar-refractivity contribution is 6.02. The molecule has 5 rings (SSSR count). The normalized spacial score (nSPS) is 25.1. The predicted molar refractivity (Wildman–Crippen MR) is 144 cm³/mol. The van der Waals surface area contributed by atoms with Crippen LogP contribution in [0.15, 0.2) is 59.6 Å². The second-order valence-corrected chi connectivity index (χ2v) is 11.1. The quantitative estimate of drug-likeness (QED) is 0.489. The van der Waals surface area contributed by atoms with Crippen LogP contribution in [0, 0.1) is 5.92 Å². The Bertz CT molecular complexity index is 1220. The first-order valence-corrected chi connectivity index (χ1v) is 13.7. The molecule has 6 nitrogen and oxygen atoms in total. The van der Waals surface area contributed by atoms with Gasteiger partial charge in [-0.3, -0.25) is 14.5 Å². The van der Waals surface area contributed by atoms with Crippen molar-refractivity contribution in [2.45, 2.75) is 69.2 Å². The van der Waals surface area contributed by atoms with E-state index in [-0.39, 0.29) is 42.4 Å². The molecule has 0 aliphatic carbocycles. The molecule has 4 atom stereocenters. The van der Waals surface area contributed by atoms with Crippen LogP contribution in [0.1, 0.15) is 62.1 Å². The fourth-order valence-corrected chi connectivity index (χ4v) is 6.72. The smallest absolute Gasteiger partial charge is 0.348 e. The van der Waals surface area contributed by atoms with Gasteiger partial charge in [0.05, 0.1) is 18.3 Å². The molecular weight excluding hydrogens is 505 g/mol. The summed E-state index contributed by atoms with van der Waals surface area (Å²) in [5.74, 6) is -1.21. The van der Waals surface area contributed by atoms with Crippen LogP contribution in [-0.4, -0.2) is 65.7 Å². The van der Waals surface area contributed by atoms with E-state index in [2.05, 4.69) is 15.2 Å². The average Bonchev–Trinajstić information content (AvgIpc) is 3.41. The lowest BCUT2D eigenvalue weighted by atomic mass is 9.75. The number of aliphatic imine (C=N–C) groups is 1. The molecule has 2 aromatic rings. The number of para-hydroxylation sites is 1. The van der Waals surface area contributed by atoms with Gasteiger partial charge in [-0.1, -0.05) is 48.5 Å². The number of rotatable bonds is 8. The van der Waals surface area contributed by atoms with Crippen molar-refractivity contribution >= 4 is 23.2 Å². The average molecular weight is 541 g/mol. The van der Waals surface area contributed by atoms with Crippen LogP contribution in [0.25, 0.3) is 0 Å². The number of fused-ring (bicyclic) bond motifs is 3. The second kappa shape index (κ2) is 11.1. The van der Waals surface area contributed by atoms with Gasteiger partial charge in [-0.15, -0.1) is 0 Å². The van der Waals surface area contributed by atoms with Crippen molar-refractivity contribution in [2.75, 3.05) is 20.1 Å². The number of carbonyl (C=O) groups excluding carboxylic acids is 2. The number of hydrogen-bond acceptors (Lipinski definition) is 4. The lowest BCUT2D eigenvalue weighted by Crippen LogP contribution is -2.47. The third-order valence-electron chi connectivity index (χ3n) is 8.62. The van der Waals surface area contributed by atoms with Crippen molar-refractivity contribution in [3.63, 3.8) is 0 Å². The molecule has 3 heterocycles. The van der Waals surface area contributed by atoms with E-state index in [1.165, 1.54) is 11.8 Å². The lowest BCUT2D eigenvalue weighted by Gasteiger charge is -2.42. The van der Waals surface area contributed by atoms with Crippen molar-refractivity contribution in [3.8, 4) is 0 Å². The monoisotopic (exact) mass is 540 g/mol. The molecule has 3 aliphatic heterocycles. The van der Waals surface area contributed by atoms with Crippen LogP contribution in [0.2, 0.25) is 0 Å². The maximum atomic E-state index is 14.0. The Hall–Kier alpha value is -3.20. The summed E-state index contributed by atoms with van der Waals surface area (Å²) in [4.78, 5) is 32.2. The van der Waals surface area contributed by atoms with E-state index in [0.717, 1.165) is 24.9 Å². The highest BCUT2D eigenvalue weighted by Crippen LogP contribution is 2.51. The molecule has 208 valence electrons. The summed E-state index contributed by atoms with van der Waals surface area (Å²) < 4.78 is 42.1. The van der Waals surface area contributed by atoms with E-state index in [1.54, 1.807) is 31.3 Å². The van der Waals surface area contributed by atoms with E-state index in [0.29, 0.717) is 30.5 Å². The van der Waals surface area contributed by atoms with Crippen molar-refractivity contribution in [1.29, 1.82) is 0 Å². The van der Waals surface area contributed by atoms with Crippen LogP contribution in [0.5, 0.6) is 0 Å². The molecular formula is C30H35F3N4O2. The standard InChI is InChI=1S/C30H35F3N4O2/c1-19(38)36(2)18-27(39)34-25(20-8-4-3-5-9-20)14-15-37-22-12-13-23(37)17-21(16-22)28-24-10-6-7-11-26(24)35-29(28)30(31,32)33/h3-11,21-23,25,28H,12-18H2,1-2H3,(H,34,39). The molecule has 2 bridgehead atoms. The number of benzene rings is 2. The van der Waals surface area contributed by atoms with Crippen molar-refractivity contribution in [3.05, 3.63) is 65.7 Å². The summed E-state index contributed by atoms with van der Waals surface area (Å²) in [6.07, 6.45) is -0.414. The number of halogens is 3. The molecule has 2 aromatic carbocycles. The lowest BCUT2D eigenvalue weighted by molar-refractivity contribution is -0.133. The third-order valence-corrected chi connectivity index (χ3v) is 8.62. The molecule has 9 heteroatoms. The van der Waals surface area contributed by atoms with Crippen LogP contribution in [-0.2, 0) is 9.59 Å². The predicted octanol–water partition coefficient (Wildman–Crippen LogP) is 5.39. The van der Waals surface area contributed by atoms with E-state index < -0.39 is 17.8 Å². The topological polar surface area (TPSA) is 65.0 Å². The molecule has 0 saturated carbocycles. The van der Waals surface area contributed by atoms with Crippen molar-refractivity contribution in [1.82, 2.24) is 15.1 Å². The van der Waals surface area contributed by atoms with E-state index in [1.807, 2.05) is 30.3 Å². The first kappa shape index (κ1) is 27.4. The summed E-state index contributed by atoms with van der Waals surface area (Å²) in [6, 6.07) is 17.0. The molecule has 4 unspecified atom stereocenters. The number of alkyl halides is 3. The highest BCUT2D eigenvalue weighted by atomic mass is 19.4. The van der Waals surface area contributed by atoms with Crippen molar-refractivity contribution < 1.29 is 22.8 Å². The van der Waals surface area contributed by atoms with Gasteiger partial charge in [0.15, 0.2) is 0 Å². The van der Waals surface area contributed by atoms with Gasteiger partial charge in [0.25, 0.3) is 0 Å². The van der Waals surface area contributed by atoms with E-state index >= 15 is 0 Å². The zero-order valence-corrected chi connectivity index (χ0v) is 22.3. The molecule has 0 spiro atoms. The number of amides is 2. The Morgan fingerprint density at radius 2 is 1.69 bits per heavy atom. The van der Waals surface area contributed by atoms with Gasteiger partial charge >= 0.3 is 6.18 Å². The van der Waals surface area contributed by atoms with Gasteiger partial charge < -0.3 is 10.2 Å². The van der Waals surface area contributed by atoms with Gasteiger partial charge in [-0.2, -0.15) is 13.2 Å².